The van der Waals surface area contributed by atoms with Crippen LogP contribution in [0.4, 0.5) is 0 Å². The van der Waals surface area contributed by atoms with Gasteiger partial charge < -0.3 is 14.2 Å². The Hall–Kier alpha value is -2.37. The average molecular weight is 857 g/mol. The van der Waals surface area contributed by atoms with Gasteiger partial charge in [-0.3, -0.25) is 14.4 Å². The van der Waals surface area contributed by atoms with Gasteiger partial charge in [-0.05, 0) is 77.0 Å². The Morgan fingerprint density at radius 1 is 0.328 bits per heavy atom. The van der Waals surface area contributed by atoms with Gasteiger partial charge in [-0.15, -0.1) is 0 Å². The van der Waals surface area contributed by atoms with Gasteiger partial charge >= 0.3 is 17.9 Å². The zero-order valence-electron chi connectivity index (χ0n) is 40.7. The van der Waals surface area contributed by atoms with Crippen LogP contribution in [0.3, 0.4) is 0 Å². The van der Waals surface area contributed by atoms with Crippen LogP contribution in [0.1, 0.15) is 278 Å². The first-order valence-electron chi connectivity index (χ1n) is 26.5. The van der Waals surface area contributed by atoms with Crippen LogP contribution in [0, 0.1) is 0 Å². The van der Waals surface area contributed by atoms with E-state index in [1.807, 2.05) is 0 Å². The van der Waals surface area contributed by atoms with E-state index >= 15 is 0 Å². The van der Waals surface area contributed by atoms with Crippen molar-refractivity contribution in [3.05, 3.63) is 36.5 Å². The number of rotatable bonds is 48. The summed E-state index contributed by atoms with van der Waals surface area (Å²) in [5.74, 6) is -0.885. The summed E-state index contributed by atoms with van der Waals surface area (Å²) in [5.41, 5.74) is 0. The monoisotopic (exact) mass is 857 g/mol. The number of unbranched alkanes of at least 4 members (excludes halogenated alkanes) is 31. The van der Waals surface area contributed by atoms with Crippen molar-refractivity contribution in [2.45, 2.75) is 284 Å². The molecule has 0 heterocycles. The summed E-state index contributed by atoms with van der Waals surface area (Å²) < 4.78 is 16.8. The van der Waals surface area contributed by atoms with Crippen LogP contribution in [0.5, 0.6) is 0 Å². The van der Waals surface area contributed by atoms with Gasteiger partial charge in [0.15, 0.2) is 6.10 Å². The Bertz CT molecular complexity index is 1030. The van der Waals surface area contributed by atoms with Crippen LogP contribution in [0.15, 0.2) is 36.5 Å². The molecule has 0 rings (SSSR count). The van der Waals surface area contributed by atoms with Crippen molar-refractivity contribution in [2.75, 3.05) is 13.2 Å². The van der Waals surface area contributed by atoms with Crippen molar-refractivity contribution >= 4 is 17.9 Å². The summed E-state index contributed by atoms with van der Waals surface area (Å²) in [5, 5.41) is 0. The van der Waals surface area contributed by atoms with E-state index in [1.165, 1.54) is 161 Å². The van der Waals surface area contributed by atoms with Gasteiger partial charge in [0.2, 0.25) is 0 Å². The summed E-state index contributed by atoms with van der Waals surface area (Å²) >= 11 is 0. The molecule has 1 unspecified atom stereocenters. The van der Waals surface area contributed by atoms with E-state index in [-0.39, 0.29) is 31.1 Å². The van der Waals surface area contributed by atoms with Crippen molar-refractivity contribution in [3.8, 4) is 0 Å². The molecule has 0 N–H and O–H groups in total. The minimum Gasteiger partial charge on any atom is -0.462 e. The second-order valence-corrected chi connectivity index (χ2v) is 17.8. The van der Waals surface area contributed by atoms with Crippen LogP contribution in [0.25, 0.3) is 0 Å². The molecule has 61 heavy (non-hydrogen) atoms. The lowest BCUT2D eigenvalue weighted by Crippen LogP contribution is -2.30. The molecule has 6 nitrogen and oxygen atoms in total. The number of carbonyl (C=O) groups excluding carboxylic acids is 3. The molecular weight excluding hydrogens is 757 g/mol. The van der Waals surface area contributed by atoms with Crippen molar-refractivity contribution in [1.82, 2.24) is 0 Å². The molecule has 0 bridgehead atoms. The number of ether oxygens (including phenoxy) is 3. The minimum atomic E-state index is -0.775. The van der Waals surface area contributed by atoms with E-state index in [0.29, 0.717) is 19.3 Å². The Morgan fingerprint density at radius 3 is 0.934 bits per heavy atom. The summed E-state index contributed by atoms with van der Waals surface area (Å²) in [6, 6.07) is 0. The maximum absolute atomic E-state index is 12.8. The molecule has 0 saturated carbocycles. The smallest absolute Gasteiger partial charge is 0.306 e. The molecule has 356 valence electrons. The Morgan fingerprint density at radius 2 is 0.590 bits per heavy atom. The number of allylic oxidation sites excluding steroid dienone is 6. The summed E-state index contributed by atoms with van der Waals surface area (Å²) in [7, 11) is 0. The maximum Gasteiger partial charge on any atom is 0.306 e. The zero-order valence-corrected chi connectivity index (χ0v) is 40.7. The largest absolute Gasteiger partial charge is 0.462 e. The fourth-order valence-electron chi connectivity index (χ4n) is 7.59. The highest BCUT2D eigenvalue weighted by Crippen LogP contribution is 2.15. The lowest BCUT2D eigenvalue weighted by molar-refractivity contribution is -0.167. The number of carbonyl (C=O) groups is 3. The first-order valence-corrected chi connectivity index (χ1v) is 26.5. The van der Waals surface area contributed by atoms with Gasteiger partial charge in [0, 0.05) is 19.3 Å². The molecule has 0 aromatic heterocycles. The van der Waals surface area contributed by atoms with E-state index in [2.05, 4.69) is 57.2 Å². The maximum atomic E-state index is 12.8. The fourth-order valence-corrected chi connectivity index (χ4v) is 7.59. The molecule has 0 spiro atoms. The summed E-state index contributed by atoms with van der Waals surface area (Å²) in [6.07, 6.45) is 58.4. The van der Waals surface area contributed by atoms with Gasteiger partial charge in [0.25, 0.3) is 0 Å². The molecule has 0 fully saturated rings. The van der Waals surface area contributed by atoms with Gasteiger partial charge in [-0.25, -0.2) is 0 Å². The lowest BCUT2D eigenvalue weighted by Gasteiger charge is -2.18. The molecular formula is C55H100O6. The fraction of sp³-hybridized carbons (Fsp3) is 0.836. The topological polar surface area (TPSA) is 78.9 Å². The van der Waals surface area contributed by atoms with Crippen LogP contribution in [-0.2, 0) is 28.6 Å². The molecule has 0 radical (unpaired) electrons. The molecule has 0 aliphatic heterocycles. The second kappa shape index (κ2) is 50.3. The second-order valence-electron chi connectivity index (χ2n) is 17.8. The van der Waals surface area contributed by atoms with Crippen molar-refractivity contribution in [2.24, 2.45) is 0 Å². The normalized spacial score (nSPS) is 12.2. The molecule has 6 heteroatoms. The van der Waals surface area contributed by atoms with Crippen molar-refractivity contribution in [3.63, 3.8) is 0 Å². The zero-order chi connectivity index (χ0) is 44.4. The molecule has 0 aliphatic carbocycles. The first kappa shape index (κ1) is 58.6. The van der Waals surface area contributed by atoms with Crippen LogP contribution in [0.2, 0.25) is 0 Å². The van der Waals surface area contributed by atoms with Gasteiger partial charge in [0.1, 0.15) is 13.2 Å². The van der Waals surface area contributed by atoms with E-state index in [1.54, 1.807) is 0 Å². The van der Waals surface area contributed by atoms with Crippen molar-refractivity contribution < 1.29 is 28.6 Å². The third-order valence-corrected chi connectivity index (χ3v) is 11.6. The Balaban J connectivity index is 4.32. The van der Waals surface area contributed by atoms with Crippen LogP contribution < -0.4 is 0 Å². The summed E-state index contributed by atoms with van der Waals surface area (Å²) in [6.45, 7) is 6.61. The SMILES string of the molecule is CCCCCC/C=C\C/C=C\CCCCCCCCCC(=O)OCC(COC(=O)CCCCCCCCCCC)OC(=O)CCCCCCC/C=C\CCCCCCCCC. The van der Waals surface area contributed by atoms with E-state index < -0.39 is 6.10 Å². The van der Waals surface area contributed by atoms with Gasteiger partial charge in [-0.1, -0.05) is 218 Å². The highest BCUT2D eigenvalue weighted by Gasteiger charge is 2.19. The molecule has 0 aromatic carbocycles. The van der Waals surface area contributed by atoms with Gasteiger partial charge in [-0.2, -0.15) is 0 Å². The molecule has 0 amide bonds. The number of hydrogen-bond acceptors (Lipinski definition) is 6. The van der Waals surface area contributed by atoms with E-state index in [0.717, 1.165) is 77.0 Å². The van der Waals surface area contributed by atoms with E-state index in [9.17, 15) is 14.4 Å². The van der Waals surface area contributed by atoms with Crippen LogP contribution in [-0.4, -0.2) is 37.2 Å². The molecule has 0 aliphatic rings. The van der Waals surface area contributed by atoms with E-state index in [4.69, 9.17) is 14.2 Å². The van der Waals surface area contributed by atoms with Crippen LogP contribution >= 0.6 is 0 Å². The minimum absolute atomic E-state index is 0.0756. The van der Waals surface area contributed by atoms with Crippen molar-refractivity contribution in [1.29, 1.82) is 0 Å². The quantitative estimate of drug-likeness (QED) is 0.0262. The predicted molar refractivity (Wildman–Crippen MR) is 261 cm³/mol. The predicted octanol–water partition coefficient (Wildman–Crippen LogP) is 17.3. The number of hydrogen-bond donors (Lipinski definition) is 0. The Labute approximate surface area is 378 Å². The summed E-state index contributed by atoms with van der Waals surface area (Å²) in [4.78, 5) is 37.9. The van der Waals surface area contributed by atoms with Gasteiger partial charge in [0.05, 0.1) is 0 Å². The third-order valence-electron chi connectivity index (χ3n) is 11.6. The standard InChI is InChI=1S/C55H100O6/c1-4-7-10-13-16-19-21-23-25-27-28-30-31-33-36-39-42-45-48-54(57)60-51-52(50-59-53(56)47-44-41-38-35-18-15-12-9-6-3)61-55(58)49-46-43-40-37-34-32-29-26-24-22-20-17-14-11-8-5-2/h19,21,25-27,29,52H,4-18,20,22-24,28,30-51H2,1-3H3/b21-19-,27-25-,29-26-. The number of esters is 3. The molecule has 1 atom stereocenters. The lowest BCUT2D eigenvalue weighted by atomic mass is 10.1. The highest BCUT2D eigenvalue weighted by molar-refractivity contribution is 5.71. The Kier molecular flexibility index (Phi) is 48.3. The average Bonchev–Trinajstić information content (AvgIpc) is 3.26. The third kappa shape index (κ3) is 48.5. The highest BCUT2D eigenvalue weighted by atomic mass is 16.6. The molecule has 0 saturated heterocycles. The molecule has 0 aromatic rings. The first-order chi connectivity index (χ1) is 30.0.